The number of hydrogen-bond acceptors (Lipinski definition) is 4. The maximum atomic E-state index is 13.2. The van der Waals surface area contributed by atoms with Crippen molar-refractivity contribution in [3.8, 4) is 0 Å². The van der Waals surface area contributed by atoms with Gasteiger partial charge in [0.1, 0.15) is 5.00 Å². The number of nitrogens with one attached hydrogen (secondary N) is 2. The minimum Gasteiger partial charge on any atom is -0.481 e. The maximum absolute atomic E-state index is 13.2. The van der Waals surface area contributed by atoms with Crippen LogP contribution >= 0.6 is 11.3 Å². The summed E-state index contributed by atoms with van der Waals surface area (Å²) in [4.78, 5) is 37.4. The molecule has 7 heteroatoms. The molecule has 0 saturated carbocycles. The number of aryl methyl sites for hydroxylation is 1. The molecule has 6 nitrogen and oxygen atoms in total. The first-order valence-electron chi connectivity index (χ1n) is 10.4. The van der Waals surface area contributed by atoms with Crippen LogP contribution in [0.1, 0.15) is 65.4 Å². The van der Waals surface area contributed by atoms with Crippen LogP contribution < -0.4 is 10.6 Å². The number of carbonyl (C=O) groups is 3. The molecule has 1 aromatic heterocycles. The second-order valence-electron chi connectivity index (χ2n) is 7.84. The van der Waals surface area contributed by atoms with Crippen LogP contribution in [0, 0.1) is 12.8 Å². The molecule has 3 rings (SSSR count). The molecular weight excluding hydrogens is 400 g/mol. The fraction of sp³-hybridized carbons (Fsp3) is 0.435. The SMILES string of the molecule is CC[C@@H]1CCc2c(sc(NC(=O)CCCC(=O)O)c2C(=O)Nc2cccc(C)c2)C1. The number of anilines is 2. The molecule has 0 radical (unpaired) electrons. The lowest BCUT2D eigenvalue weighted by Gasteiger charge is -2.21. The van der Waals surface area contributed by atoms with Gasteiger partial charge < -0.3 is 15.7 Å². The Hall–Kier alpha value is -2.67. The molecule has 160 valence electrons. The van der Waals surface area contributed by atoms with Gasteiger partial charge in [-0.1, -0.05) is 25.5 Å². The highest BCUT2D eigenvalue weighted by molar-refractivity contribution is 7.17. The third-order valence-corrected chi connectivity index (χ3v) is 6.66. The number of carboxylic acids is 1. The zero-order valence-electron chi connectivity index (χ0n) is 17.4. The minimum absolute atomic E-state index is 0.0484. The van der Waals surface area contributed by atoms with E-state index in [2.05, 4.69) is 17.6 Å². The van der Waals surface area contributed by atoms with Crippen molar-refractivity contribution in [2.45, 2.75) is 58.8 Å². The van der Waals surface area contributed by atoms with Gasteiger partial charge in [-0.2, -0.15) is 0 Å². The zero-order valence-corrected chi connectivity index (χ0v) is 18.2. The second kappa shape index (κ2) is 9.89. The molecule has 1 atom stereocenters. The van der Waals surface area contributed by atoms with Crippen LogP contribution in [0.15, 0.2) is 24.3 Å². The molecule has 1 heterocycles. The molecule has 3 N–H and O–H groups in total. The van der Waals surface area contributed by atoms with Crippen LogP contribution in [-0.2, 0) is 22.4 Å². The van der Waals surface area contributed by atoms with Crippen LogP contribution in [0.5, 0.6) is 0 Å². The first-order chi connectivity index (χ1) is 14.4. The number of amides is 2. The van der Waals surface area contributed by atoms with E-state index in [0.29, 0.717) is 16.5 Å². The number of thiophene rings is 1. The number of aliphatic carboxylic acids is 1. The second-order valence-corrected chi connectivity index (χ2v) is 8.95. The Kier molecular flexibility index (Phi) is 7.26. The Bertz CT molecular complexity index is 951. The third-order valence-electron chi connectivity index (χ3n) is 5.50. The van der Waals surface area contributed by atoms with Gasteiger partial charge >= 0.3 is 5.97 Å². The molecule has 0 aliphatic heterocycles. The van der Waals surface area contributed by atoms with Gasteiger partial charge in [0.25, 0.3) is 5.91 Å². The predicted molar refractivity (Wildman–Crippen MR) is 119 cm³/mol. The van der Waals surface area contributed by atoms with E-state index in [-0.39, 0.29) is 31.1 Å². The molecule has 0 unspecified atom stereocenters. The summed E-state index contributed by atoms with van der Waals surface area (Å²) < 4.78 is 0. The number of rotatable bonds is 8. The van der Waals surface area contributed by atoms with E-state index in [1.165, 1.54) is 16.2 Å². The van der Waals surface area contributed by atoms with Crippen molar-refractivity contribution in [3.63, 3.8) is 0 Å². The Morgan fingerprint density at radius 3 is 2.70 bits per heavy atom. The van der Waals surface area contributed by atoms with E-state index in [9.17, 15) is 14.4 Å². The molecule has 0 fully saturated rings. The molecule has 2 aromatic rings. The Morgan fingerprint density at radius 1 is 1.20 bits per heavy atom. The average Bonchev–Trinajstić information content (AvgIpc) is 3.04. The lowest BCUT2D eigenvalue weighted by atomic mass is 9.85. The molecule has 30 heavy (non-hydrogen) atoms. The quantitative estimate of drug-likeness (QED) is 0.550. The van der Waals surface area contributed by atoms with Crippen molar-refractivity contribution in [1.29, 1.82) is 0 Å². The van der Waals surface area contributed by atoms with Crippen molar-refractivity contribution in [1.82, 2.24) is 0 Å². The first-order valence-corrected chi connectivity index (χ1v) is 11.2. The minimum atomic E-state index is -0.918. The van der Waals surface area contributed by atoms with Gasteiger partial charge in [-0.05, 0) is 61.8 Å². The van der Waals surface area contributed by atoms with Crippen LogP contribution in [0.3, 0.4) is 0 Å². The van der Waals surface area contributed by atoms with Gasteiger partial charge in [0.05, 0.1) is 5.56 Å². The first kappa shape index (κ1) is 22.0. The van der Waals surface area contributed by atoms with E-state index in [1.807, 2.05) is 31.2 Å². The van der Waals surface area contributed by atoms with Gasteiger partial charge in [-0.25, -0.2) is 0 Å². The summed E-state index contributed by atoms with van der Waals surface area (Å²) in [7, 11) is 0. The highest BCUT2D eigenvalue weighted by atomic mass is 32.1. The Labute approximate surface area is 180 Å². The van der Waals surface area contributed by atoms with Crippen molar-refractivity contribution in [3.05, 3.63) is 45.8 Å². The summed E-state index contributed by atoms with van der Waals surface area (Å²) in [6, 6.07) is 7.62. The lowest BCUT2D eigenvalue weighted by molar-refractivity contribution is -0.137. The smallest absolute Gasteiger partial charge is 0.303 e. The van der Waals surface area contributed by atoms with Crippen molar-refractivity contribution in [2.24, 2.45) is 5.92 Å². The maximum Gasteiger partial charge on any atom is 0.303 e. The lowest BCUT2D eigenvalue weighted by Crippen LogP contribution is -2.19. The summed E-state index contributed by atoms with van der Waals surface area (Å²) in [5.74, 6) is -0.790. The summed E-state index contributed by atoms with van der Waals surface area (Å²) in [5.41, 5.74) is 3.37. The van der Waals surface area contributed by atoms with E-state index in [4.69, 9.17) is 5.11 Å². The van der Waals surface area contributed by atoms with Gasteiger partial charge in [0, 0.05) is 23.4 Å². The van der Waals surface area contributed by atoms with Crippen LogP contribution in [0.4, 0.5) is 10.7 Å². The van der Waals surface area contributed by atoms with Gasteiger partial charge in [0.2, 0.25) is 5.91 Å². The molecule has 0 bridgehead atoms. The van der Waals surface area contributed by atoms with Crippen molar-refractivity contribution in [2.75, 3.05) is 10.6 Å². The largest absolute Gasteiger partial charge is 0.481 e. The van der Waals surface area contributed by atoms with E-state index in [0.717, 1.165) is 42.5 Å². The monoisotopic (exact) mass is 428 g/mol. The highest BCUT2D eigenvalue weighted by Gasteiger charge is 2.29. The third kappa shape index (κ3) is 5.48. The number of fused-ring (bicyclic) bond motifs is 1. The Balaban J connectivity index is 1.83. The number of hydrogen-bond donors (Lipinski definition) is 3. The van der Waals surface area contributed by atoms with Crippen molar-refractivity contribution >= 4 is 39.8 Å². The molecule has 2 amide bonds. The highest BCUT2D eigenvalue weighted by Crippen LogP contribution is 2.41. The summed E-state index contributed by atoms with van der Waals surface area (Å²) in [6.45, 7) is 4.15. The van der Waals surface area contributed by atoms with E-state index in [1.54, 1.807) is 0 Å². The molecule has 1 aliphatic carbocycles. The number of carboxylic acid groups (broad SMARTS) is 1. The van der Waals surface area contributed by atoms with Gasteiger partial charge in [0.15, 0.2) is 0 Å². The van der Waals surface area contributed by atoms with Crippen molar-refractivity contribution < 1.29 is 19.5 Å². The number of benzene rings is 1. The molecule has 0 spiro atoms. The molecule has 0 saturated heterocycles. The summed E-state index contributed by atoms with van der Waals surface area (Å²) in [5, 5.41) is 15.2. The van der Waals surface area contributed by atoms with E-state index >= 15 is 0 Å². The number of carbonyl (C=O) groups excluding carboxylic acids is 2. The van der Waals surface area contributed by atoms with Crippen LogP contribution in [0.25, 0.3) is 0 Å². The standard InChI is InChI=1S/C23H28N2O4S/c1-3-15-10-11-17-18(13-15)30-23(25-19(26)8-5-9-20(27)28)21(17)22(29)24-16-7-4-6-14(2)12-16/h4,6-7,12,15H,3,5,8-11,13H2,1-2H3,(H,24,29)(H,25,26)(H,27,28)/t15-/m1/s1. The van der Waals surface area contributed by atoms with Gasteiger partial charge in [-0.3, -0.25) is 14.4 Å². The molecule has 1 aliphatic rings. The summed E-state index contributed by atoms with van der Waals surface area (Å²) >= 11 is 1.48. The molecule has 1 aromatic carbocycles. The fourth-order valence-corrected chi connectivity index (χ4v) is 5.21. The topological polar surface area (TPSA) is 95.5 Å². The Morgan fingerprint density at radius 2 is 2.00 bits per heavy atom. The van der Waals surface area contributed by atoms with Gasteiger partial charge in [-0.15, -0.1) is 11.3 Å². The fourth-order valence-electron chi connectivity index (χ4n) is 3.84. The predicted octanol–water partition coefficient (Wildman–Crippen LogP) is 5.02. The van der Waals surface area contributed by atoms with E-state index < -0.39 is 5.97 Å². The van der Waals surface area contributed by atoms with Crippen LogP contribution in [0.2, 0.25) is 0 Å². The normalized spacial score (nSPS) is 15.3. The molecular formula is C23H28N2O4S. The van der Waals surface area contributed by atoms with Crippen LogP contribution in [-0.4, -0.2) is 22.9 Å². The zero-order chi connectivity index (χ0) is 21.7. The summed E-state index contributed by atoms with van der Waals surface area (Å²) in [6.07, 6.45) is 4.23. The average molecular weight is 429 g/mol.